The summed E-state index contributed by atoms with van der Waals surface area (Å²) in [4.78, 5) is 58.5. The Morgan fingerprint density at radius 2 is 0.950 bits per heavy atom. The minimum atomic E-state index is -0.248. The number of aromatic amines is 2. The van der Waals surface area contributed by atoms with Crippen LogP contribution in [-0.2, 0) is 0 Å². The van der Waals surface area contributed by atoms with Gasteiger partial charge in [-0.3, -0.25) is 18.7 Å². The molecule has 2 atom stereocenters. The van der Waals surface area contributed by atoms with Crippen LogP contribution in [0.15, 0.2) is 144 Å². The summed E-state index contributed by atoms with van der Waals surface area (Å²) >= 11 is 12.8. The fourth-order valence-corrected chi connectivity index (χ4v) is 7.84. The highest BCUT2D eigenvalue weighted by Gasteiger charge is 2.21. The largest absolute Gasteiger partial charge is 0.360 e. The summed E-state index contributed by atoms with van der Waals surface area (Å²) in [6.45, 7) is 3.96. The van der Waals surface area contributed by atoms with E-state index in [-0.39, 0.29) is 23.2 Å². The highest BCUT2D eigenvalue weighted by atomic mass is 35.5. The Balaban J connectivity index is 0.000000154. The highest BCUT2D eigenvalue weighted by molar-refractivity contribution is 6.35. The Labute approximate surface area is 351 Å². The molecule has 0 aliphatic carbocycles. The third kappa shape index (κ3) is 7.07. The van der Waals surface area contributed by atoms with Crippen LogP contribution in [0.3, 0.4) is 0 Å². The van der Waals surface area contributed by atoms with Crippen molar-refractivity contribution in [3.63, 3.8) is 0 Å². The number of nitrogens with one attached hydrogen (secondary N) is 4. The Morgan fingerprint density at radius 3 is 1.37 bits per heavy atom. The van der Waals surface area contributed by atoms with E-state index in [0.29, 0.717) is 54.8 Å². The van der Waals surface area contributed by atoms with Crippen molar-refractivity contribution < 1.29 is 0 Å². The second-order valence-electron chi connectivity index (χ2n) is 13.9. The zero-order valence-corrected chi connectivity index (χ0v) is 33.5. The first-order valence-electron chi connectivity index (χ1n) is 18.9. The molecule has 0 spiro atoms. The van der Waals surface area contributed by atoms with Crippen molar-refractivity contribution in [2.45, 2.75) is 25.9 Å². The van der Waals surface area contributed by atoms with Gasteiger partial charge in [0.15, 0.2) is 22.9 Å². The zero-order valence-electron chi connectivity index (χ0n) is 32.0. The maximum absolute atomic E-state index is 13.5. The highest BCUT2D eigenvalue weighted by Crippen LogP contribution is 2.30. The molecule has 4 N–H and O–H groups in total. The van der Waals surface area contributed by atoms with E-state index in [0.717, 1.165) is 33.5 Å². The molecular formula is C44H34Cl2N12O2. The molecule has 0 saturated carbocycles. The number of hydrogen-bond donors (Lipinski definition) is 4. The molecule has 10 aromatic rings. The van der Waals surface area contributed by atoms with Crippen molar-refractivity contribution >= 4 is 78.7 Å². The average molecular weight is 834 g/mol. The number of fused-ring (bicyclic) bond motifs is 4. The SMILES string of the molecule is C[C@H](Nc1ncnc2nc[nH]c12)c1cc2cccc(Cl)c2c(=O)n1-c1ccccc1.C[C@H](Nc1ncnc2nc[nH]c12)c1cc2cccc(Cl)c2c(=O)n1-c1ccccc1. The third-order valence-electron chi connectivity index (χ3n) is 10.1. The molecule has 0 aliphatic heterocycles. The van der Waals surface area contributed by atoms with Crippen LogP contribution in [-0.4, -0.2) is 49.0 Å². The minimum Gasteiger partial charge on any atom is -0.360 e. The van der Waals surface area contributed by atoms with Crippen molar-refractivity contribution in [1.82, 2.24) is 49.0 Å². The first kappa shape index (κ1) is 38.1. The zero-order chi connectivity index (χ0) is 41.3. The number of pyridine rings is 2. The van der Waals surface area contributed by atoms with E-state index in [9.17, 15) is 9.59 Å². The molecule has 14 nitrogen and oxygen atoms in total. The number of rotatable bonds is 8. The second-order valence-corrected chi connectivity index (χ2v) is 14.7. The van der Waals surface area contributed by atoms with Crippen molar-refractivity contribution in [3.05, 3.63) is 177 Å². The van der Waals surface area contributed by atoms with E-state index in [2.05, 4.69) is 50.5 Å². The normalized spacial score (nSPS) is 12.3. The summed E-state index contributed by atoms with van der Waals surface area (Å²) in [7, 11) is 0. The molecule has 4 aromatic carbocycles. The lowest BCUT2D eigenvalue weighted by molar-refractivity contribution is 0.774. The molecule has 0 fully saturated rings. The summed E-state index contributed by atoms with van der Waals surface area (Å²) < 4.78 is 3.38. The van der Waals surface area contributed by atoms with Gasteiger partial charge in [-0.1, -0.05) is 83.9 Å². The van der Waals surface area contributed by atoms with Crippen molar-refractivity contribution in [2.75, 3.05) is 10.6 Å². The van der Waals surface area contributed by atoms with Crippen LogP contribution < -0.4 is 21.8 Å². The molecule has 0 unspecified atom stereocenters. The predicted molar refractivity (Wildman–Crippen MR) is 237 cm³/mol. The number of halogens is 2. The smallest absolute Gasteiger partial charge is 0.264 e. The fourth-order valence-electron chi connectivity index (χ4n) is 7.31. The van der Waals surface area contributed by atoms with E-state index in [1.807, 2.05) is 111 Å². The lowest BCUT2D eigenvalue weighted by Gasteiger charge is -2.21. The van der Waals surface area contributed by atoms with Gasteiger partial charge in [0.2, 0.25) is 0 Å². The van der Waals surface area contributed by atoms with Crippen LogP contribution in [0, 0.1) is 0 Å². The summed E-state index contributed by atoms with van der Waals surface area (Å²) in [5.41, 5.74) is 5.34. The lowest BCUT2D eigenvalue weighted by atomic mass is 10.1. The topological polar surface area (TPSA) is 177 Å². The van der Waals surface area contributed by atoms with Crippen molar-refractivity contribution in [1.29, 1.82) is 0 Å². The fraction of sp³-hybridized carbons (Fsp3) is 0.0909. The molecular weight excluding hydrogens is 799 g/mol. The Kier molecular flexibility index (Phi) is 10.2. The first-order chi connectivity index (χ1) is 29.3. The predicted octanol–water partition coefficient (Wildman–Crippen LogP) is 8.97. The third-order valence-corrected chi connectivity index (χ3v) is 10.7. The Bertz CT molecular complexity index is 3070. The van der Waals surface area contributed by atoms with E-state index >= 15 is 0 Å². The maximum atomic E-state index is 13.5. The van der Waals surface area contributed by atoms with Gasteiger partial charge >= 0.3 is 0 Å². The standard InChI is InChI=1S/2C22H17ClN6O/c2*1-13(28-21-19-20(25-11-24-19)26-12-27-21)17-10-14-6-5-9-16(23)18(14)22(30)29(17)15-7-3-2-4-8-15/h2*2-13H,1H3,(H2,24,25,26,27,28)/t2*13-/m00/s1. The van der Waals surface area contributed by atoms with Crippen LogP contribution in [0.25, 0.3) is 55.2 Å². The van der Waals surface area contributed by atoms with Gasteiger partial charge in [-0.05, 0) is 73.2 Å². The molecule has 0 saturated heterocycles. The number of H-pyrrole nitrogens is 2. The number of anilines is 2. The molecule has 296 valence electrons. The lowest BCUT2D eigenvalue weighted by Crippen LogP contribution is -2.25. The molecule has 60 heavy (non-hydrogen) atoms. The van der Waals surface area contributed by atoms with Crippen LogP contribution in [0.4, 0.5) is 11.6 Å². The van der Waals surface area contributed by atoms with Gasteiger partial charge in [-0.15, -0.1) is 0 Å². The van der Waals surface area contributed by atoms with Gasteiger partial charge in [-0.2, -0.15) is 0 Å². The monoisotopic (exact) mass is 832 g/mol. The first-order valence-corrected chi connectivity index (χ1v) is 19.6. The molecule has 0 amide bonds. The van der Waals surface area contributed by atoms with Gasteiger partial charge in [0.05, 0.1) is 45.6 Å². The number of nitrogens with zero attached hydrogens (tertiary/aromatic N) is 8. The summed E-state index contributed by atoms with van der Waals surface area (Å²) in [6, 6.07) is 33.5. The molecule has 6 heterocycles. The van der Waals surface area contributed by atoms with Gasteiger partial charge < -0.3 is 20.6 Å². The number of aromatic nitrogens is 10. The molecule has 0 aliphatic rings. The van der Waals surface area contributed by atoms with Gasteiger partial charge in [0, 0.05) is 22.8 Å². The maximum Gasteiger partial charge on any atom is 0.264 e. The van der Waals surface area contributed by atoms with Crippen molar-refractivity contribution in [2.24, 2.45) is 0 Å². The van der Waals surface area contributed by atoms with Crippen LogP contribution >= 0.6 is 23.2 Å². The van der Waals surface area contributed by atoms with E-state index < -0.39 is 0 Å². The Hall–Kier alpha value is -7.42. The molecule has 0 radical (unpaired) electrons. The van der Waals surface area contributed by atoms with E-state index in [1.165, 1.54) is 12.7 Å². The summed E-state index contributed by atoms with van der Waals surface area (Å²) in [5.74, 6) is 1.23. The quantitative estimate of drug-likeness (QED) is 0.116. The van der Waals surface area contributed by atoms with Gasteiger partial charge in [0.1, 0.15) is 23.7 Å². The minimum absolute atomic E-state index is 0.165. The van der Waals surface area contributed by atoms with Gasteiger partial charge in [-0.25, -0.2) is 29.9 Å². The number of imidazole rings is 2. The molecule has 0 bridgehead atoms. The van der Waals surface area contributed by atoms with E-state index in [4.69, 9.17) is 23.2 Å². The van der Waals surface area contributed by atoms with Crippen molar-refractivity contribution in [3.8, 4) is 11.4 Å². The average Bonchev–Trinajstić information content (AvgIpc) is 3.96. The summed E-state index contributed by atoms with van der Waals surface area (Å²) in [6.07, 6.45) is 6.07. The molecule has 6 aromatic heterocycles. The number of benzene rings is 4. The number of hydrogen-bond acceptors (Lipinski definition) is 10. The number of para-hydroxylation sites is 2. The molecule has 16 heteroatoms. The second kappa shape index (κ2) is 16.1. The van der Waals surface area contributed by atoms with E-state index in [1.54, 1.807) is 33.9 Å². The van der Waals surface area contributed by atoms with Crippen LogP contribution in [0.1, 0.15) is 37.3 Å². The van der Waals surface area contributed by atoms with Crippen LogP contribution in [0.5, 0.6) is 0 Å². The van der Waals surface area contributed by atoms with Crippen LogP contribution in [0.2, 0.25) is 10.0 Å². The molecule has 10 rings (SSSR count). The van der Waals surface area contributed by atoms with Gasteiger partial charge in [0.25, 0.3) is 11.1 Å². The Morgan fingerprint density at radius 1 is 0.533 bits per heavy atom. The summed E-state index contributed by atoms with van der Waals surface area (Å²) in [5, 5.41) is 10.2.